The van der Waals surface area contributed by atoms with E-state index in [1.165, 1.54) is 0 Å². The Bertz CT molecular complexity index is 159. The van der Waals surface area contributed by atoms with E-state index in [1.807, 2.05) is 12.3 Å². The monoisotopic (exact) mass is 152 g/mol. The zero-order valence-electron chi connectivity index (χ0n) is 7.17. The van der Waals surface area contributed by atoms with Gasteiger partial charge in [0.1, 0.15) is 0 Å². The number of hydrogen-bond donors (Lipinski definition) is 2. The summed E-state index contributed by atoms with van der Waals surface area (Å²) in [6.45, 7) is 5.46. The van der Waals surface area contributed by atoms with Gasteiger partial charge in [0.05, 0.1) is 6.17 Å². The van der Waals surface area contributed by atoms with Crippen molar-refractivity contribution in [1.82, 2.24) is 10.6 Å². The lowest BCUT2D eigenvalue weighted by Crippen LogP contribution is -2.40. The second-order valence-electron chi connectivity index (χ2n) is 3.19. The summed E-state index contributed by atoms with van der Waals surface area (Å²) in [6.07, 6.45) is 8.44. The first kappa shape index (κ1) is 8.34. The molecule has 0 amide bonds. The molecule has 11 heavy (non-hydrogen) atoms. The molecule has 0 spiro atoms. The van der Waals surface area contributed by atoms with Crippen LogP contribution in [0, 0.1) is 5.92 Å². The summed E-state index contributed by atoms with van der Waals surface area (Å²) in [5.41, 5.74) is 0. The van der Waals surface area contributed by atoms with Crippen LogP contribution in [0.4, 0.5) is 0 Å². The van der Waals surface area contributed by atoms with Crippen LogP contribution in [0.3, 0.4) is 0 Å². The first-order valence-corrected chi connectivity index (χ1v) is 4.12. The zero-order chi connectivity index (χ0) is 8.10. The van der Waals surface area contributed by atoms with Crippen molar-refractivity contribution < 1.29 is 0 Å². The maximum absolute atomic E-state index is 3.37. The molecule has 0 aromatic rings. The van der Waals surface area contributed by atoms with E-state index in [4.69, 9.17) is 0 Å². The molecule has 0 aromatic heterocycles. The van der Waals surface area contributed by atoms with Gasteiger partial charge in [-0.25, -0.2) is 0 Å². The van der Waals surface area contributed by atoms with Gasteiger partial charge in [-0.15, -0.1) is 0 Å². The van der Waals surface area contributed by atoms with Crippen molar-refractivity contribution in [3.8, 4) is 0 Å². The second kappa shape index (κ2) is 4.19. The lowest BCUT2D eigenvalue weighted by atomic mass is 10.2. The van der Waals surface area contributed by atoms with Gasteiger partial charge < -0.3 is 5.32 Å². The molecule has 0 radical (unpaired) electrons. The van der Waals surface area contributed by atoms with Gasteiger partial charge in [0, 0.05) is 0 Å². The third kappa shape index (κ3) is 3.23. The Labute approximate surface area is 68.4 Å². The van der Waals surface area contributed by atoms with Crippen molar-refractivity contribution in [1.29, 1.82) is 0 Å². The van der Waals surface area contributed by atoms with Crippen LogP contribution in [0.5, 0.6) is 0 Å². The summed E-state index contributed by atoms with van der Waals surface area (Å²) in [6, 6.07) is 0. The summed E-state index contributed by atoms with van der Waals surface area (Å²) >= 11 is 0. The smallest absolute Gasteiger partial charge is 0.0959 e. The van der Waals surface area contributed by atoms with E-state index in [9.17, 15) is 0 Å². The van der Waals surface area contributed by atoms with E-state index in [-0.39, 0.29) is 0 Å². The average Bonchev–Trinajstić information content (AvgIpc) is 2.03. The van der Waals surface area contributed by atoms with E-state index in [0.717, 1.165) is 6.54 Å². The van der Waals surface area contributed by atoms with Gasteiger partial charge in [0.2, 0.25) is 0 Å². The van der Waals surface area contributed by atoms with Crippen molar-refractivity contribution in [2.24, 2.45) is 5.92 Å². The van der Waals surface area contributed by atoms with Gasteiger partial charge in [-0.1, -0.05) is 19.9 Å². The third-order valence-corrected chi connectivity index (χ3v) is 1.53. The highest BCUT2D eigenvalue weighted by Crippen LogP contribution is 1.93. The Morgan fingerprint density at radius 3 is 2.82 bits per heavy atom. The normalized spacial score (nSPS) is 22.3. The summed E-state index contributed by atoms with van der Waals surface area (Å²) in [5.74, 6) is 0.705. The van der Waals surface area contributed by atoms with Gasteiger partial charge in [-0.05, 0) is 30.8 Å². The molecule has 62 valence electrons. The molecule has 1 atom stereocenters. The van der Waals surface area contributed by atoms with Gasteiger partial charge in [-0.3, -0.25) is 5.32 Å². The van der Waals surface area contributed by atoms with Crippen molar-refractivity contribution >= 4 is 0 Å². The largest absolute Gasteiger partial charge is 0.372 e. The molecule has 1 rings (SSSR count). The van der Waals surface area contributed by atoms with E-state index in [1.54, 1.807) is 0 Å². The number of hydrogen-bond acceptors (Lipinski definition) is 2. The third-order valence-electron chi connectivity index (χ3n) is 1.53. The molecular formula is C9H16N2. The molecular weight excluding hydrogens is 136 g/mol. The Morgan fingerprint density at radius 2 is 2.27 bits per heavy atom. The van der Waals surface area contributed by atoms with Crippen LogP contribution in [0.15, 0.2) is 24.4 Å². The summed E-state index contributed by atoms with van der Waals surface area (Å²) < 4.78 is 0. The van der Waals surface area contributed by atoms with Crippen LogP contribution in [0.2, 0.25) is 0 Å². The first-order chi connectivity index (χ1) is 5.29. The second-order valence-corrected chi connectivity index (χ2v) is 3.19. The van der Waals surface area contributed by atoms with Gasteiger partial charge in [0.15, 0.2) is 0 Å². The predicted molar refractivity (Wildman–Crippen MR) is 48.0 cm³/mol. The Morgan fingerprint density at radius 1 is 1.45 bits per heavy atom. The molecule has 1 heterocycles. The fraction of sp³-hybridized carbons (Fsp3) is 0.556. The van der Waals surface area contributed by atoms with Crippen molar-refractivity contribution in [2.45, 2.75) is 20.0 Å². The molecule has 0 saturated heterocycles. The minimum atomic E-state index is 0.322. The standard InChI is InChI=1S/C9H16N2/c1-8(2)7-11-9-5-3-4-6-10-9/h3-6,8-11H,7H2,1-2H3. The van der Waals surface area contributed by atoms with Gasteiger partial charge in [0.25, 0.3) is 0 Å². The molecule has 2 heteroatoms. The minimum absolute atomic E-state index is 0.322. The lowest BCUT2D eigenvalue weighted by molar-refractivity contribution is 0.483. The van der Waals surface area contributed by atoms with Gasteiger partial charge >= 0.3 is 0 Å². The van der Waals surface area contributed by atoms with Crippen LogP contribution in [-0.2, 0) is 0 Å². The molecule has 0 saturated carbocycles. The lowest BCUT2D eigenvalue weighted by Gasteiger charge is -2.18. The highest BCUT2D eigenvalue weighted by Gasteiger charge is 2.02. The maximum atomic E-state index is 3.37. The molecule has 0 bridgehead atoms. The highest BCUT2D eigenvalue weighted by molar-refractivity contribution is 5.11. The Kier molecular flexibility index (Phi) is 3.17. The van der Waals surface area contributed by atoms with Crippen LogP contribution < -0.4 is 10.6 Å². The van der Waals surface area contributed by atoms with Crippen LogP contribution in [0.25, 0.3) is 0 Å². The quantitative estimate of drug-likeness (QED) is 0.635. The van der Waals surface area contributed by atoms with E-state index in [0.29, 0.717) is 12.1 Å². The topological polar surface area (TPSA) is 24.1 Å². The van der Waals surface area contributed by atoms with Crippen molar-refractivity contribution in [3.05, 3.63) is 24.4 Å². The average molecular weight is 152 g/mol. The van der Waals surface area contributed by atoms with Gasteiger partial charge in [-0.2, -0.15) is 0 Å². The highest BCUT2D eigenvalue weighted by atomic mass is 15.1. The summed E-state index contributed by atoms with van der Waals surface area (Å²) in [4.78, 5) is 0. The fourth-order valence-electron chi connectivity index (χ4n) is 0.935. The van der Waals surface area contributed by atoms with Crippen LogP contribution >= 0.6 is 0 Å². The first-order valence-electron chi connectivity index (χ1n) is 4.12. The molecule has 1 aliphatic rings. The zero-order valence-corrected chi connectivity index (χ0v) is 7.17. The molecule has 2 N–H and O–H groups in total. The number of nitrogens with one attached hydrogen (secondary N) is 2. The molecule has 0 aliphatic carbocycles. The SMILES string of the molecule is CC(C)CNC1C=CC=CN1. The fourth-order valence-corrected chi connectivity index (χ4v) is 0.935. The Balaban J connectivity index is 2.17. The van der Waals surface area contributed by atoms with E-state index < -0.39 is 0 Å². The molecule has 0 aromatic carbocycles. The number of dihydropyridines is 1. The molecule has 2 nitrogen and oxygen atoms in total. The molecule has 1 aliphatic heterocycles. The number of rotatable bonds is 3. The minimum Gasteiger partial charge on any atom is -0.372 e. The maximum Gasteiger partial charge on any atom is 0.0959 e. The van der Waals surface area contributed by atoms with Crippen LogP contribution in [0.1, 0.15) is 13.8 Å². The number of allylic oxidation sites excluding steroid dienone is 2. The molecule has 0 fully saturated rings. The van der Waals surface area contributed by atoms with Crippen molar-refractivity contribution in [3.63, 3.8) is 0 Å². The van der Waals surface area contributed by atoms with Crippen molar-refractivity contribution in [2.75, 3.05) is 6.54 Å². The predicted octanol–water partition coefficient (Wildman–Crippen LogP) is 1.23. The molecule has 1 unspecified atom stereocenters. The summed E-state index contributed by atoms with van der Waals surface area (Å²) in [5, 5.41) is 6.57. The van der Waals surface area contributed by atoms with Crippen LogP contribution in [-0.4, -0.2) is 12.7 Å². The summed E-state index contributed by atoms with van der Waals surface area (Å²) in [7, 11) is 0. The Hall–Kier alpha value is -0.760. The van der Waals surface area contributed by atoms with E-state index in [2.05, 4.69) is 36.6 Å². The van der Waals surface area contributed by atoms with E-state index >= 15 is 0 Å².